The minimum absolute atomic E-state index is 0.0451. The minimum atomic E-state index is -3.97. The van der Waals surface area contributed by atoms with Crippen molar-refractivity contribution in [1.82, 2.24) is 0 Å². The number of hydrogen-bond donors (Lipinski definition) is 1. The van der Waals surface area contributed by atoms with Gasteiger partial charge in [-0.15, -0.1) is 0 Å². The van der Waals surface area contributed by atoms with Gasteiger partial charge in [-0.05, 0) is 15.9 Å². The molecule has 0 unspecified atom stereocenters. The van der Waals surface area contributed by atoms with Crippen LogP contribution >= 0.6 is 15.9 Å². The molecule has 1 aromatic carbocycles. The summed E-state index contributed by atoms with van der Waals surface area (Å²) in [5, 5.41) is 5.12. The summed E-state index contributed by atoms with van der Waals surface area (Å²) in [6.45, 7) is 0. The topological polar surface area (TPSA) is 87.9 Å². The Kier molecular flexibility index (Phi) is 4.23. The highest BCUT2D eigenvalue weighted by atomic mass is 79.9. The van der Waals surface area contributed by atoms with Gasteiger partial charge in [-0.2, -0.15) is 0 Å². The first-order chi connectivity index (χ1) is 7.86. The standard InChI is InChI=1S/C9H12BrNO5S/c1-14-5-4-6(15-2)9(17(11,12)13)8(16-3)7(5)10/h4H,1-3H3,(H2,11,12,13). The van der Waals surface area contributed by atoms with Crippen LogP contribution in [0.2, 0.25) is 0 Å². The molecule has 0 aliphatic heterocycles. The van der Waals surface area contributed by atoms with Crippen LogP contribution in [0.5, 0.6) is 17.2 Å². The van der Waals surface area contributed by atoms with E-state index in [2.05, 4.69) is 15.9 Å². The highest BCUT2D eigenvalue weighted by Crippen LogP contribution is 2.44. The highest BCUT2D eigenvalue weighted by molar-refractivity contribution is 9.10. The largest absolute Gasteiger partial charge is 0.495 e. The van der Waals surface area contributed by atoms with Crippen LogP contribution in [0.4, 0.5) is 0 Å². The zero-order chi connectivity index (χ0) is 13.2. The molecule has 6 nitrogen and oxygen atoms in total. The third-order valence-corrected chi connectivity index (χ3v) is 3.74. The third-order valence-electron chi connectivity index (χ3n) is 2.04. The summed E-state index contributed by atoms with van der Waals surface area (Å²) in [6.07, 6.45) is 0. The van der Waals surface area contributed by atoms with E-state index in [-0.39, 0.29) is 16.4 Å². The molecule has 8 heteroatoms. The van der Waals surface area contributed by atoms with Gasteiger partial charge in [0, 0.05) is 6.07 Å². The van der Waals surface area contributed by atoms with E-state index < -0.39 is 10.0 Å². The van der Waals surface area contributed by atoms with Crippen LogP contribution in [-0.2, 0) is 10.0 Å². The highest BCUT2D eigenvalue weighted by Gasteiger charge is 2.26. The van der Waals surface area contributed by atoms with Crippen LogP contribution in [0, 0.1) is 0 Å². The van der Waals surface area contributed by atoms with Crippen molar-refractivity contribution in [3.05, 3.63) is 10.5 Å². The molecule has 0 atom stereocenters. The van der Waals surface area contributed by atoms with Gasteiger partial charge in [0.1, 0.15) is 16.0 Å². The van der Waals surface area contributed by atoms with Crippen LogP contribution in [0.3, 0.4) is 0 Å². The molecular formula is C9H12BrNO5S. The molecule has 0 aliphatic rings. The van der Waals surface area contributed by atoms with Crippen LogP contribution < -0.4 is 19.3 Å². The Morgan fingerprint density at radius 2 is 1.65 bits per heavy atom. The van der Waals surface area contributed by atoms with E-state index in [1.54, 1.807) is 0 Å². The molecule has 0 aliphatic carbocycles. The van der Waals surface area contributed by atoms with Crippen molar-refractivity contribution in [3.8, 4) is 17.2 Å². The average molecular weight is 326 g/mol. The van der Waals surface area contributed by atoms with Crippen LogP contribution in [0.15, 0.2) is 15.4 Å². The second kappa shape index (κ2) is 5.11. The summed E-state index contributed by atoms with van der Waals surface area (Å²) in [6, 6.07) is 1.41. The fourth-order valence-corrected chi connectivity index (χ4v) is 2.96. The quantitative estimate of drug-likeness (QED) is 0.896. The molecular weight excluding hydrogens is 314 g/mol. The van der Waals surface area contributed by atoms with Crippen molar-refractivity contribution in [2.24, 2.45) is 5.14 Å². The molecule has 2 N–H and O–H groups in total. The Morgan fingerprint density at radius 3 is 2.00 bits per heavy atom. The Hall–Kier alpha value is -0.990. The summed E-state index contributed by atoms with van der Waals surface area (Å²) < 4.78 is 38.4. The van der Waals surface area contributed by atoms with Gasteiger partial charge in [0.05, 0.1) is 21.3 Å². The maximum absolute atomic E-state index is 11.5. The van der Waals surface area contributed by atoms with Gasteiger partial charge in [0.15, 0.2) is 10.6 Å². The van der Waals surface area contributed by atoms with Gasteiger partial charge < -0.3 is 14.2 Å². The van der Waals surface area contributed by atoms with Crippen molar-refractivity contribution in [2.45, 2.75) is 4.90 Å². The van der Waals surface area contributed by atoms with E-state index in [1.807, 2.05) is 0 Å². The van der Waals surface area contributed by atoms with E-state index in [9.17, 15) is 8.42 Å². The molecule has 0 saturated carbocycles. The molecule has 0 saturated heterocycles. The van der Waals surface area contributed by atoms with E-state index >= 15 is 0 Å². The second-order valence-corrected chi connectivity index (χ2v) is 5.29. The van der Waals surface area contributed by atoms with Crippen LogP contribution in [-0.4, -0.2) is 29.7 Å². The lowest BCUT2D eigenvalue weighted by Gasteiger charge is -2.15. The van der Waals surface area contributed by atoms with Gasteiger partial charge in [-0.1, -0.05) is 0 Å². The Bertz CT molecular complexity index is 529. The van der Waals surface area contributed by atoms with Gasteiger partial charge >= 0.3 is 0 Å². The van der Waals surface area contributed by atoms with Gasteiger partial charge in [0.2, 0.25) is 10.0 Å². The summed E-state index contributed by atoms with van der Waals surface area (Å²) >= 11 is 3.18. The first kappa shape index (κ1) is 14.1. The Morgan fingerprint density at radius 1 is 1.12 bits per heavy atom. The third kappa shape index (κ3) is 2.64. The predicted molar refractivity (Wildman–Crippen MR) is 65.2 cm³/mol. The predicted octanol–water partition coefficient (Wildman–Crippen LogP) is 1.12. The zero-order valence-corrected chi connectivity index (χ0v) is 11.9. The molecule has 96 valence electrons. The molecule has 17 heavy (non-hydrogen) atoms. The van der Waals surface area contributed by atoms with E-state index in [0.717, 1.165) is 0 Å². The number of sulfonamides is 1. The summed E-state index contributed by atoms with van der Waals surface area (Å²) in [5.74, 6) is 0.485. The fourth-order valence-electron chi connectivity index (χ4n) is 1.32. The average Bonchev–Trinajstić information content (AvgIpc) is 2.27. The molecule has 1 aromatic rings. The SMILES string of the molecule is COc1cc(OC)c(S(N)(=O)=O)c(OC)c1Br. The number of nitrogens with two attached hydrogens (primary N) is 1. The minimum Gasteiger partial charge on any atom is -0.495 e. The summed E-state index contributed by atoms with van der Waals surface area (Å²) in [7, 11) is 0.126. The van der Waals surface area contributed by atoms with Crippen molar-refractivity contribution < 1.29 is 22.6 Å². The van der Waals surface area contributed by atoms with Crippen LogP contribution in [0.1, 0.15) is 0 Å². The maximum atomic E-state index is 11.5. The molecule has 0 fully saturated rings. The number of methoxy groups -OCH3 is 3. The number of benzene rings is 1. The first-order valence-corrected chi connectivity index (χ1v) is 6.72. The van der Waals surface area contributed by atoms with E-state index in [0.29, 0.717) is 10.2 Å². The molecule has 0 amide bonds. The number of rotatable bonds is 4. The normalized spacial score (nSPS) is 11.1. The van der Waals surface area contributed by atoms with Gasteiger partial charge in [0.25, 0.3) is 0 Å². The van der Waals surface area contributed by atoms with E-state index in [1.165, 1.54) is 27.4 Å². The lowest BCUT2D eigenvalue weighted by molar-refractivity contribution is 0.356. The Labute approximate surface area is 108 Å². The van der Waals surface area contributed by atoms with Crippen molar-refractivity contribution >= 4 is 26.0 Å². The molecule has 0 spiro atoms. The number of hydrogen-bond acceptors (Lipinski definition) is 5. The Balaban J connectivity index is 3.74. The first-order valence-electron chi connectivity index (χ1n) is 4.38. The van der Waals surface area contributed by atoms with Crippen molar-refractivity contribution in [1.29, 1.82) is 0 Å². The van der Waals surface area contributed by atoms with Gasteiger partial charge in [-0.25, -0.2) is 13.6 Å². The van der Waals surface area contributed by atoms with Crippen molar-refractivity contribution in [3.63, 3.8) is 0 Å². The van der Waals surface area contributed by atoms with Gasteiger partial charge in [-0.3, -0.25) is 0 Å². The maximum Gasteiger partial charge on any atom is 0.245 e. The van der Waals surface area contributed by atoms with E-state index in [4.69, 9.17) is 19.3 Å². The number of halogens is 1. The number of primary sulfonamides is 1. The number of ether oxygens (including phenoxy) is 3. The fraction of sp³-hybridized carbons (Fsp3) is 0.333. The lowest BCUT2D eigenvalue weighted by atomic mass is 10.3. The smallest absolute Gasteiger partial charge is 0.245 e. The molecule has 0 radical (unpaired) electrons. The zero-order valence-electron chi connectivity index (χ0n) is 9.48. The monoisotopic (exact) mass is 325 g/mol. The second-order valence-electron chi connectivity index (χ2n) is 3.00. The summed E-state index contributed by atoms with van der Waals surface area (Å²) in [4.78, 5) is -0.227. The molecule has 0 aromatic heterocycles. The lowest BCUT2D eigenvalue weighted by Crippen LogP contribution is -2.15. The molecule has 0 bridgehead atoms. The molecule has 1 rings (SSSR count). The van der Waals surface area contributed by atoms with Crippen molar-refractivity contribution in [2.75, 3.05) is 21.3 Å². The van der Waals surface area contributed by atoms with Crippen LogP contribution in [0.25, 0.3) is 0 Å². The molecule has 0 heterocycles. The summed E-state index contributed by atoms with van der Waals surface area (Å²) in [5.41, 5.74) is 0.